The molecule has 1 saturated heterocycles. The molecule has 2 aromatic rings. The van der Waals surface area contributed by atoms with E-state index >= 15 is 0 Å². The number of rotatable bonds is 1. The second-order valence-corrected chi connectivity index (χ2v) is 7.25. The molecule has 0 aromatic carbocycles. The van der Waals surface area contributed by atoms with Crippen LogP contribution in [0.25, 0.3) is 11.0 Å². The molecule has 1 atom stereocenters. The Morgan fingerprint density at radius 2 is 2.08 bits per heavy atom. The minimum Gasteiger partial charge on any atom is -0.444 e. The van der Waals surface area contributed by atoms with Gasteiger partial charge in [-0.25, -0.2) is 9.78 Å². The predicted molar refractivity (Wildman–Crippen MR) is 96.4 cm³/mol. The number of hydrogen-bond acceptors (Lipinski definition) is 7. The van der Waals surface area contributed by atoms with Crippen molar-refractivity contribution in [3.63, 3.8) is 0 Å². The average molecular weight is 344 g/mol. The number of pyridine rings is 1. The summed E-state index contributed by atoms with van der Waals surface area (Å²) in [5, 5.41) is 0. The van der Waals surface area contributed by atoms with E-state index < -0.39 is 5.60 Å². The molecule has 1 amide bonds. The normalized spacial score (nSPS) is 18.5. The Labute approximate surface area is 147 Å². The van der Waals surface area contributed by atoms with Crippen molar-refractivity contribution in [3.05, 3.63) is 18.3 Å². The Morgan fingerprint density at radius 1 is 1.32 bits per heavy atom. The van der Waals surface area contributed by atoms with Gasteiger partial charge in [0.05, 0.1) is 5.52 Å². The van der Waals surface area contributed by atoms with E-state index in [0.29, 0.717) is 42.4 Å². The fourth-order valence-electron chi connectivity index (χ4n) is 2.85. The van der Waals surface area contributed by atoms with E-state index in [1.165, 1.54) is 0 Å². The Balaban J connectivity index is 1.77. The monoisotopic (exact) mass is 344 g/mol. The van der Waals surface area contributed by atoms with Crippen LogP contribution in [0.1, 0.15) is 27.7 Å². The van der Waals surface area contributed by atoms with Crippen LogP contribution in [0.4, 0.5) is 16.6 Å². The molecule has 2 N–H and O–H groups in total. The first-order chi connectivity index (χ1) is 11.7. The van der Waals surface area contributed by atoms with Crippen molar-refractivity contribution in [1.82, 2.24) is 19.9 Å². The van der Waals surface area contributed by atoms with Crippen LogP contribution in [-0.2, 0) is 4.74 Å². The first-order valence-electron chi connectivity index (χ1n) is 8.37. The highest BCUT2D eigenvalue weighted by molar-refractivity contribution is 5.84. The van der Waals surface area contributed by atoms with Crippen molar-refractivity contribution in [2.45, 2.75) is 39.3 Å². The van der Waals surface area contributed by atoms with Gasteiger partial charge in [0.15, 0.2) is 5.82 Å². The van der Waals surface area contributed by atoms with E-state index in [9.17, 15) is 4.79 Å². The molecule has 1 aliphatic heterocycles. The summed E-state index contributed by atoms with van der Waals surface area (Å²) >= 11 is 0. The third-order valence-electron chi connectivity index (χ3n) is 4.01. The summed E-state index contributed by atoms with van der Waals surface area (Å²) in [6.45, 7) is 9.34. The average Bonchev–Trinajstić information content (AvgIpc) is 2.53. The summed E-state index contributed by atoms with van der Waals surface area (Å²) < 4.78 is 5.45. The van der Waals surface area contributed by atoms with Crippen LogP contribution in [0.15, 0.2) is 18.3 Å². The summed E-state index contributed by atoms with van der Waals surface area (Å²) in [6.07, 6.45) is 1.38. The highest BCUT2D eigenvalue weighted by Crippen LogP contribution is 2.23. The fraction of sp³-hybridized carbons (Fsp3) is 0.529. The zero-order chi connectivity index (χ0) is 18.2. The molecular weight excluding hydrogens is 320 g/mol. The molecule has 8 heteroatoms. The molecular formula is C17H24N6O2. The number of fused-ring (bicyclic) bond motifs is 1. The maximum absolute atomic E-state index is 12.3. The lowest BCUT2D eigenvalue weighted by atomic mass is 10.2. The van der Waals surface area contributed by atoms with Crippen molar-refractivity contribution in [2.75, 3.05) is 30.3 Å². The molecule has 0 radical (unpaired) electrons. The number of carbonyl (C=O) groups is 1. The van der Waals surface area contributed by atoms with Crippen molar-refractivity contribution in [3.8, 4) is 0 Å². The lowest BCUT2D eigenvalue weighted by Gasteiger charge is -2.40. The van der Waals surface area contributed by atoms with Gasteiger partial charge in [0.2, 0.25) is 5.95 Å². The van der Waals surface area contributed by atoms with Crippen molar-refractivity contribution < 1.29 is 9.53 Å². The molecule has 3 rings (SSSR count). The molecule has 8 nitrogen and oxygen atoms in total. The molecule has 1 fully saturated rings. The number of nitrogens with two attached hydrogens (primary N) is 1. The van der Waals surface area contributed by atoms with Crippen molar-refractivity contribution in [2.24, 2.45) is 0 Å². The Morgan fingerprint density at radius 3 is 2.76 bits per heavy atom. The zero-order valence-corrected chi connectivity index (χ0v) is 15.1. The van der Waals surface area contributed by atoms with Gasteiger partial charge in [0.1, 0.15) is 11.1 Å². The topological polar surface area (TPSA) is 97.5 Å². The smallest absolute Gasteiger partial charge is 0.410 e. The largest absolute Gasteiger partial charge is 0.444 e. The highest BCUT2D eigenvalue weighted by atomic mass is 16.6. The van der Waals surface area contributed by atoms with Gasteiger partial charge in [-0.3, -0.25) is 4.98 Å². The molecule has 1 aliphatic rings. The molecule has 2 aromatic heterocycles. The van der Waals surface area contributed by atoms with Gasteiger partial charge in [-0.1, -0.05) is 0 Å². The summed E-state index contributed by atoms with van der Waals surface area (Å²) in [6, 6.07) is 3.74. The van der Waals surface area contributed by atoms with Gasteiger partial charge in [0, 0.05) is 31.9 Å². The Hall–Kier alpha value is -2.64. The predicted octanol–water partition coefficient (Wildman–Crippen LogP) is 2.05. The number of amides is 1. The van der Waals surface area contributed by atoms with Crippen LogP contribution in [-0.4, -0.2) is 57.2 Å². The lowest BCUT2D eigenvalue weighted by Crippen LogP contribution is -2.55. The van der Waals surface area contributed by atoms with E-state index in [-0.39, 0.29) is 12.1 Å². The molecule has 0 spiro atoms. The number of nitrogen functional groups attached to an aromatic ring is 1. The molecule has 3 heterocycles. The minimum atomic E-state index is -0.500. The van der Waals surface area contributed by atoms with E-state index in [1.54, 1.807) is 11.1 Å². The number of nitrogens with zero attached hydrogens (tertiary/aromatic N) is 5. The third kappa shape index (κ3) is 3.72. The Kier molecular flexibility index (Phi) is 4.36. The summed E-state index contributed by atoms with van der Waals surface area (Å²) in [5.74, 6) is 0.928. The van der Waals surface area contributed by atoms with E-state index in [2.05, 4.69) is 19.9 Å². The van der Waals surface area contributed by atoms with Gasteiger partial charge >= 0.3 is 6.09 Å². The van der Waals surface area contributed by atoms with Crippen LogP contribution in [0.3, 0.4) is 0 Å². The van der Waals surface area contributed by atoms with Gasteiger partial charge < -0.3 is 20.3 Å². The lowest BCUT2D eigenvalue weighted by molar-refractivity contribution is 0.0218. The number of ether oxygens (including phenoxy) is 1. The summed E-state index contributed by atoms with van der Waals surface area (Å²) in [4.78, 5) is 29.2. The molecule has 0 unspecified atom stereocenters. The minimum absolute atomic E-state index is 0.0507. The maximum Gasteiger partial charge on any atom is 0.410 e. The molecule has 25 heavy (non-hydrogen) atoms. The van der Waals surface area contributed by atoms with Crippen LogP contribution in [0, 0.1) is 0 Å². The summed E-state index contributed by atoms with van der Waals surface area (Å²) in [5.41, 5.74) is 6.85. The highest BCUT2D eigenvalue weighted by Gasteiger charge is 2.31. The first-order valence-corrected chi connectivity index (χ1v) is 8.37. The fourth-order valence-corrected chi connectivity index (χ4v) is 2.85. The number of carbonyl (C=O) groups excluding carboxylic acids is 1. The number of piperazine rings is 1. The SMILES string of the molecule is C[C@H]1CN(C(=O)OC(C)(C)C)CCN1c1nc(N)c2ncccc2n1. The maximum atomic E-state index is 12.3. The molecule has 0 bridgehead atoms. The van der Waals surface area contributed by atoms with E-state index in [4.69, 9.17) is 10.5 Å². The van der Waals surface area contributed by atoms with E-state index in [0.717, 1.165) is 0 Å². The van der Waals surface area contributed by atoms with Crippen LogP contribution < -0.4 is 10.6 Å². The zero-order valence-electron chi connectivity index (χ0n) is 15.1. The third-order valence-corrected chi connectivity index (χ3v) is 4.01. The molecule has 0 saturated carbocycles. The molecule has 134 valence electrons. The van der Waals surface area contributed by atoms with Gasteiger partial charge in [-0.2, -0.15) is 4.98 Å². The van der Waals surface area contributed by atoms with Gasteiger partial charge in [-0.15, -0.1) is 0 Å². The quantitative estimate of drug-likeness (QED) is 0.845. The second kappa shape index (κ2) is 6.34. The standard InChI is InChI=1S/C17H24N6O2/c1-11-10-22(16(24)25-17(2,3)4)8-9-23(11)15-20-12-6-5-7-19-13(12)14(18)21-15/h5-7,11H,8-10H2,1-4H3,(H2,18,20,21)/t11-/m0/s1. The van der Waals surface area contributed by atoms with Crippen LogP contribution >= 0.6 is 0 Å². The van der Waals surface area contributed by atoms with E-state index in [1.807, 2.05) is 39.8 Å². The number of hydrogen-bond donors (Lipinski definition) is 1. The first kappa shape index (κ1) is 17.2. The van der Waals surface area contributed by atoms with Crippen LogP contribution in [0.5, 0.6) is 0 Å². The second-order valence-electron chi connectivity index (χ2n) is 7.25. The number of aromatic nitrogens is 3. The Bertz CT molecular complexity index is 788. The summed E-state index contributed by atoms with van der Waals surface area (Å²) in [7, 11) is 0. The van der Waals surface area contributed by atoms with Crippen molar-refractivity contribution >= 4 is 28.9 Å². The van der Waals surface area contributed by atoms with Gasteiger partial charge in [0.25, 0.3) is 0 Å². The molecule has 0 aliphatic carbocycles. The van der Waals surface area contributed by atoms with Crippen molar-refractivity contribution in [1.29, 1.82) is 0 Å². The van der Waals surface area contributed by atoms with Gasteiger partial charge in [-0.05, 0) is 39.8 Å². The number of anilines is 2. The van der Waals surface area contributed by atoms with Crippen LogP contribution in [0.2, 0.25) is 0 Å².